The van der Waals surface area contributed by atoms with E-state index in [4.69, 9.17) is 9.47 Å². The van der Waals surface area contributed by atoms with Crippen LogP contribution in [0.3, 0.4) is 0 Å². The lowest BCUT2D eigenvalue weighted by atomic mass is 9.94. The Morgan fingerprint density at radius 1 is 0.857 bits per heavy atom. The van der Waals surface area contributed by atoms with Crippen LogP contribution in [0.2, 0.25) is 0 Å². The van der Waals surface area contributed by atoms with Gasteiger partial charge in [-0.25, -0.2) is 0 Å². The van der Waals surface area contributed by atoms with E-state index in [1.54, 1.807) is 4.90 Å². The Bertz CT molecular complexity index is 1290. The van der Waals surface area contributed by atoms with Gasteiger partial charge in [-0.05, 0) is 74.1 Å². The fourth-order valence-electron chi connectivity index (χ4n) is 5.58. The van der Waals surface area contributed by atoms with Gasteiger partial charge in [0.1, 0.15) is 6.04 Å². The number of aryl methyl sites for hydroxylation is 1. The zero-order valence-corrected chi connectivity index (χ0v) is 26.4. The molecular formula is C35H43BrN2O4. The van der Waals surface area contributed by atoms with Crippen LogP contribution in [0.1, 0.15) is 69.1 Å². The highest BCUT2D eigenvalue weighted by atomic mass is 79.9. The van der Waals surface area contributed by atoms with Crippen molar-refractivity contribution in [1.82, 2.24) is 10.2 Å². The van der Waals surface area contributed by atoms with Crippen LogP contribution in [-0.4, -0.2) is 42.0 Å². The number of benzene rings is 3. The zero-order chi connectivity index (χ0) is 29.7. The normalized spacial score (nSPS) is 14.2. The number of nitrogens with one attached hydrogen (secondary N) is 1. The van der Waals surface area contributed by atoms with Gasteiger partial charge in [0.15, 0.2) is 11.5 Å². The Labute approximate surface area is 258 Å². The summed E-state index contributed by atoms with van der Waals surface area (Å²) in [6.45, 7) is 5.31. The summed E-state index contributed by atoms with van der Waals surface area (Å²) in [6, 6.07) is 23.3. The molecule has 0 saturated heterocycles. The van der Waals surface area contributed by atoms with Gasteiger partial charge >= 0.3 is 0 Å². The Morgan fingerprint density at radius 2 is 1.57 bits per heavy atom. The molecule has 7 heteroatoms. The molecule has 0 aliphatic heterocycles. The second-order valence-electron chi connectivity index (χ2n) is 10.8. The van der Waals surface area contributed by atoms with Crippen molar-refractivity contribution >= 4 is 27.7 Å². The van der Waals surface area contributed by atoms with Crippen LogP contribution in [0.5, 0.6) is 11.5 Å². The Morgan fingerprint density at radius 3 is 2.29 bits per heavy atom. The molecule has 0 heterocycles. The van der Waals surface area contributed by atoms with Crippen molar-refractivity contribution in [3.05, 3.63) is 94.0 Å². The second-order valence-corrected chi connectivity index (χ2v) is 11.8. The summed E-state index contributed by atoms with van der Waals surface area (Å²) < 4.78 is 12.5. The fraction of sp³-hybridized carbons (Fsp3) is 0.429. The number of hydrogen-bond acceptors (Lipinski definition) is 4. The maximum atomic E-state index is 14.1. The van der Waals surface area contributed by atoms with E-state index in [1.807, 2.05) is 86.6 Å². The number of nitrogens with zero attached hydrogens (tertiary/aromatic N) is 1. The SMILES string of the molecule is CCOc1ccc(CCC(=O)N(Cc2cccc(Br)c2)[C@@H](Cc2ccccc2)C(=O)NC2CCCCC2)cc1OCC. The van der Waals surface area contributed by atoms with Crippen molar-refractivity contribution in [2.24, 2.45) is 0 Å². The third-order valence-corrected chi connectivity index (χ3v) is 8.19. The molecule has 1 aliphatic carbocycles. The third kappa shape index (κ3) is 9.35. The smallest absolute Gasteiger partial charge is 0.243 e. The van der Waals surface area contributed by atoms with Crippen molar-refractivity contribution < 1.29 is 19.1 Å². The van der Waals surface area contributed by atoms with E-state index >= 15 is 0 Å². The zero-order valence-electron chi connectivity index (χ0n) is 24.8. The average molecular weight is 636 g/mol. The van der Waals surface area contributed by atoms with Gasteiger partial charge in [0, 0.05) is 29.9 Å². The van der Waals surface area contributed by atoms with Crippen molar-refractivity contribution in [2.75, 3.05) is 13.2 Å². The number of carbonyl (C=O) groups is 2. The molecule has 224 valence electrons. The molecule has 0 aromatic heterocycles. The van der Waals surface area contributed by atoms with E-state index in [0.29, 0.717) is 44.1 Å². The van der Waals surface area contributed by atoms with Gasteiger partial charge in [-0.2, -0.15) is 0 Å². The molecule has 2 amide bonds. The predicted octanol–water partition coefficient (Wildman–Crippen LogP) is 7.27. The molecule has 3 aromatic carbocycles. The molecule has 0 bridgehead atoms. The Kier molecular flexibility index (Phi) is 12.3. The highest BCUT2D eigenvalue weighted by Gasteiger charge is 2.31. The van der Waals surface area contributed by atoms with Gasteiger partial charge in [0.05, 0.1) is 13.2 Å². The monoisotopic (exact) mass is 634 g/mol. The molecule has 1 atom stereocenters. The number of carbonyl (C=O) groups excluding carboxylic acids is 2. The molecule has 4 rings (SSSR count). The average Bonchev–Trinajstić information content (AvgIpc) is 3.00. The lowest BCUT2D eigenvalue weighted by Crippen LogP contribution is -2.52. The first-order valence-electron chi connectivity index (χ1n) is 15.2. The highest BCUT2D eigenvalue weighted by Crippen LogP contribution is 2.29. The highest BCUT2D eigenvalue weighted by molar-refractivity contribution is 9.10. The molecule has 42 heavy (non-hydrogen) atoms. The van der Waals surface area contributed by atoms with Crippen LogP contribution in [-0.2, 0) is 29.0 Å². The largest absolute Gasteiger partial charge is 0.490 e. The van der Waals surface area contributed by atoms with Crippen molar-refractivity contribution in [3.63, 3.8) is 0 Å². The minimum atomic E-state index is -0.625. The molecule has 1 saturated carbocycles. The lowest BCUT2D eigenvalue weighted by molar-refractivity contribution is -0.141. The first-order valence-corrected chi connectivity index (χ1v) is 16.0. The summed E-state index contributed by atoms with van der Waals surface area (Å²) in [4.78, 5) is 29.8. The van der Waals surface area contributed by atoms with E-state index in [9.17, 15) is 9.59 Å². The van der Waals surface area contributed by atoms with Gasteiger partial charge in [-0.3, -0.25) is 9.59 Å². The van der Waals surface area contributed by atoms with Gasteiger partial charge in [-0.1, -0.05) is 83.7 Å². The summed E-state index contributed by atoms with van der Waals surface area (Å²) in [6.07, 6.45) is 6.70. The third-order valence-electron chi connectivity index (χ3n) is 7.70. The molecule has 1 fully saturated rings. The molecule has 0 radical (unpaired) electrons. The van der Waals surface area contributed by atoms with Crippen LogP contribution in [0, 0.1) is 0 Å². The van der Waals surface area contributed by atoms with Gasteiger partial charge < -0.3 is 19.7 Å². The van der Waals surface area contributed by atoms with E-state index < -0.39 is 6.04 Å². The van der Waals surface area contributed by atoms with Crippen LogP contribution in [0.15, 0.2) is 77.3 Å². The number of halogens is 1. The van der Waals surface area contributed by atoms with E-state index in [2.05, 4.69) is 21.2 Å². The molecule has 1 N–H and O–H groups in total. The number of hydrogen-bond donors (Lipinski definition) is 1. The quantitative estimate of drug-likeness (QED) is 0.202. The first-order chi connectivity index (χ1) is 20.5. The maximum absolute atomic E-state index is 14.1. The van der Waals surface area contributed by atoms with Crippen LogP contribution in [0.25, 0.3) is 0 Å². The van der Waals surface area contributed by atoms with Crippen molar-refractivity contribution in [2.45, 2.75) is 83.8 Å². The minimum Gasteiger partial charge on any atom is -0.490 e. The first kappa shape index (κ1) is 31.6. The van der Waals surface area contributed by atoms with Gasteiger partial charge in [-0.15, -0.1) is 0 Å². The van der Waals surface area contributed by atoms with Crippen LogP contribution in [0.4, 0.5) is 0 Å². The molecule has 0 unspecified atom stereocenters. The van der Waals surface area contributed by atoms with Gasteiger partial charge in [0.25, 0.3) is 0 Å². The van der Waals surface area contributed by atoms with E-state index in [-0.39, 0.29) is 24.3 Å². The summed E-state index contributed by atoms with van der Waals surface area (Å²) >= 11 is 3.57. The van der Waals surface area contributed by atoms with Crippen LogP contribution < -0.4 is 14.8 Å². The Balaban J connectivity index is 1.60. The maximum Gasteiger partial charge on any atom is 0.243 e. The Hall–Kier alpha value is -3.32. The van der Waals surface area contributed by atoms with E-state index in [1.165, 1.54) is 6.42 Å². The number of amides is 2. The van der Waals surface area contributed by atoms with Crippen molar-refractivity contribution in [3.8, 4) is 11.5 Å². The summed E-state index contributed by atoms with van der Waals surface area (Å²) in [5.74, 6) is 1.26. The van der Waals surface area contributed by atoms with Gasteiger partial charge in [0.2, 0.25) is 11.8 Å². The van der Waals surface area contributed by atoms with Crippen LogP contribution >= 0.6 is 15.9 Å². The predicted molar refractivity (Wildman–Crippen MR) is 171 cm³/mol. The molecule has 3 aromatic rings. The molecular weight excluding hydrogens is 592 g/mol. The molecule has 0 spiro atoms. The molecule has 1 aliphatic rings. The fourth-order valence-corrected chi connectivity index (χ4v) is 6.02. The molecule has 6 nitrogen and oxygen atoms in total. The lowest BCUT2D eigenvalue weighted by Gasteiger charge is -2.33. The number of rotatable bonds is 14. The topological polar surface area (TPSA) is 67.9 Å². The minimum absolute atomic E-state index is 0.0541. The summed E-state index contributed by atoms with van der Waals surface area (Å²) in [5, 5.41) is 3.31. The van der Waals surface area contributed by atoms with Crippen molar-refractivity contribution in [1.29, 1.82) is 0 Å². The number of ether oxygens (including phenoxy) is 2. The second kappa shape index (κ2) is 16.4. The summed E-state index contributed by atoms with van der Waals surface area (Å²) in [5.41, 5.74) is 2.99. The van der Waals surface area contributed by atoms with E-state index in [0.717, 1.165) is 46.8 Å². The summed E-state index contributed by atoms with van der Waals surface area (Å²) in [7, 11) is 0. The standard InChI is InChI=1S/C35H43BrN2O4/c1-3-41-32-20-18-27(24-33(32)42-4-2)19-21-34(39)38(25-28-14-11-15-29(36)22-28)31(23-26-12-7-5-8-13-26)35(40)37-30-16-9-6-10-17-30/h5,7-8,11-15,18,20,22,24,30-31H,3-4,6,9-10,16-17,19,21,23,25H2,1-2H3,(H,37,40)/t31-/m0/s1.